The van der Waals surface area contributed by atoms with E-state index in [9.17, 15) is 26.7 Å². The number of hydrogen-bond donors (Lipinski definition) is 1. The molecule has 3 rings (SSSR count). The number of anilines is 1. The number of halogens is 5. The van der Waals surface area contributed by atoms with Crippen molar-refractivity contribution in [2.45, 2.75) is 19.5 Å². The molecule has 9 heteroatoms. The smallest absolute Gasteiger partial charge is 0.309 e. The first-order chi connectivity index (χ1) is 12.6. The van der Waals surface area contributed by atoms with Crippen LogP contribution in [0.3, 0.4) is 0 Å². The number of carbonyl (C=O) groups excluding carboxylic acids is 1. The molecule has 142 valence electrons. The van der Waals surface area contributed by atoms with Crippen LogP contribution >= 0.6 is 0 Å². The van der Waals surface area contributed by atoms with Gasteiger partial charge < -0.3 is 5.32 Å². The Bertz CT molecular complexity index is 979. The average molecular weight is 383 g/mol. The number of benzene rings is 1. The van der Waals surface area contributed by atoms with Gasteiger partial charge >= 0.3 is 6.18 Å². The van der Waals surface area contributed by atoms with E-state index in [1.165, 1.54) is 34.7 Å². The predicted molar refractivity (Wildman–Crippen MR) is 89.0 cm³/mol. The molecular formula is C18H14F5N3O. The van der Waals surface area contributed by atoms with E-state index in [0.29, 0.717) is 5.56 Å². The number of hydrogen-bond acceptors (Lipinski definition) is 2. The number of rotatable bonds is 4. The minimum Gasteiger partial charge on any atom is -0.309 e. The van der Waals surface area contributed by atoms with Gasteiger partial charge in [0, 0.05) is 18.2 Å². The van der Waals surface area contributed by atoms with Crippen molar-refractivity contribution < 1.29 is 26.7 Å². The number of carbonyl (C=O) groups is 1. The van der Waals surface area contributed by atoms with E-state index in [-0.39, 0.29) is 17.2 Å². The molecule has 0 aliphatic carbocycles. The topological polar surface area (TPSA) is 46.4 Å². The SMILES string of the molecule is CC(CC(=O)Nc1nc2ccc(F)cn2c1-c1ccc(F)cc1)C(F)(F)F. The van der Waals surface area contributed by atoms with Crippen LogP contribution in [-0.2, 0) is 4.79 Å². The largest absolute Gasteiger partial charge is 0.392 e. The maximum absolute atomic E-state index is 13.7. The minimum atomic E-state index is -4.50. The van der Waals surface area contributed by atoms with Gasteiger partial charge in [-0.15, -0.1) is 0 Å². The zero-order valence-corrected chi connectivity index (χ0v) is 14.0. The van der Waals surface area contributed by atoms with Crippen LogP contribution in [0.25, 0.3) is 16.9 Å². The highest BCUT2D eigenvalue weighted by atomic mass is 19.4. The first-order valence-electron chi connectivity index (χ1n) is 7.95. The number of nitrogens with one attached hydrogen (secondary N) is 1. The van der Waals surface area contributed by atoms with Crippen molar-refractivity contribution in [3.63, 3.8) is 0 Å². The van der Waals surface area contributed by atoms with Gasteiger partial charge in [0.05, 0.1) is 11.6 Å². The quantitative estimate of drug-likeness (QED) is 0.658. The Balaban J connectivity index is 2.01. The Morgan fingerprint density at radius 2 is 1.74 bits per heavy atom. The first kappa shape index (κ1) is 18.8. The van der Waals surface area contributed by atoms with Gasteiger partial charge in [0.2, 0.25) is 5.91 Å². The summed E-state index contributed by atoms with van der Waals surface area (Å²) in [5.74, 6) is -3.82. The second-order valence-corrected chi connectivity index (χ2v) is 6.09. The highest BCUT2D eigenvalue weighted by Crippen LogP contribution is 2.31. The summed E-state index contributed by atoms with van der Waals surface area (Å²) < 4.78 is 66.2. The number of nitrogens with zero attached hydrogens (tertiary/aromatic N) is 2. The molecular weight excluding hydrogens is 369 g/mol. The van der Waals surface area contributed by atoms with Crippen LogP contribution in [0.15, 0.2) is 42.6 Å². The van der Waals surface area contributed by atoms with E-state index in [4.69, 9.17) is 0 Å². The van der Waals surface area contributed by atoms with E-state index in [1.807, 2.05) is 0 Å². The van der Waals surface area contributed by atoms with Crippen LogP contribution in [-0.4, -0.2) is 21.5 Å². The zero-order valence-electron chi connectivity index (χ0n) is 14.0. The lowest BCUT2D eigenvalue weighted by atomic mass is 10.1. The molecule has 1 atom stereocenters. The number of alkyl halides is 3. The number of pyridine rings is 1. The van der Waals surface area contributed by atoms with Gasteiger partial charge in [0.25, 0.3) is 0 Å². The summed E-state index contributed by atoms with van der Waals surface area (Å²) in [5.41, 5.74) is 0.918. The highest BCUT2D eigenvalue weighted by Gasteiger charge is 2.37. The lowest BCUT2D eigenvalue weighted by Gasteiger charge is -2.15. The van der Waals surface area contributed by atoms with E-state index in [1.54, 1.807) is 0 Å². The third kappa shape index (κ3) is 4.07. The van der Waals surface area contributed by atoms with Gasteiger partial charge in [0.15, 0.2) is 5.82 Å². The Labute approximate surface area is 150 Å². The van der Waals surface area contributed by atoms with Crippen molar-refractivity contribution in [3.8, 4) is 11.3 Å². The molecule has 0 radical (unpaired) electrons. The maximum atomic E-state index is 13.7. The molecule has 2 heterocycles. The zero-order chi connectivity index (χ0) is 19.8. The molecule has 3 aromatic rings. The standard InChI is InChI=1S/C18H14F5N3O/c1-10(18(21,22)23)8-15(27)25-17-16(11-2-4-12(19)5-3-11)26-9-13(20)6-7-14(26)24-17/h2-7,9-10H,8H2,1H3,(H,25,27). The lowest BCUT2D eigenvalue weighted by Crippen LogP contribution is -2.25. The molecule has 0 aliphatic heterocycles. The van der Waals surface area contributed by atoms with Crippen molar-refractivity contribution in [1.82, 2.24) is 9.38 Å². The summed E-state index contributed by atoms with van der Waals surface area (Å²) in [6.45, 7) is 0.902. The van der Waals surface area contributed by atoms with E-state index in [2.05, 4.69) is 10.3 Å². The fraction of sp³-hybridized carbons (Fsp3) is 0.222. The van der Waals surface area contributed by atoms with E-state index in [0.717, 1.165) is 19.2 Å². The molecule has 0 bridgehead atoms. The molecule has 1 amide bonds. The van der Waals surface area contributed by atoms with E-state index < -0.39 is 36.1 Å². The molecule has 1 unspecified atom stereocenters. The molecule has 0 fully saturated rings. The molecule has 4 nitrogen and oxygen atoms in total. The van der Waals surface area contributed by atoms with Gasteiger partial charge in [0.1, 0.15) is 17.3 Å². The molecule has 2 aromatic heterocycles. The van der Waals surface area contributed by atoms with E-state index >= 15 is 0 Å². The van der Waals surface area contributed by atoms with Gasteiger partial charge in [-0.25, -0.2) is 13.8 Å². The monoisotopic (exact) mass is 383 g/mol. The molecule has 0 spiro atoms. The Kier molecular flexibility index (Phi) is 4.86. The third-order valence-corrected chi connectivity index (χ3v) is 4.01. The summed E-state index contributed by atoms with van der Waals surface area (Å²) in [6.07, 6.45) is -4.16. The molecule has 0 aliphatic rings. The van der Waals surface area contributed by atoms with Crippen molar-refractivity contribution >= 4 is 17.4 Å². The Hall–Kier alpha value is -2.97. The highest BCUT2D eigenvalue weighted by molar-refractivity contribution is 5.94. The van der Waals surface area contributed by atoms with Crippen LogP contribution in [0, 0.1) is 17.6 Å². The fourth-order valence-electron chi connectivity index (χ4n) is 2.57. The predicted octanol–water partition coefficient (Wildman–Crippen LogP) is 4.81. The van der Waals surface area contributed by atoms with Crippen LogP contribution < -0.4 is 5.32 Å². The van der Waals surface area contributed by atoms with Crippen molar-refractivity contribution in [3.05, 3.63) is 54.2 Å². The van der Waals surface area contributed by atoms with Crippen LogP contribution in [0.2, 0.25) is 0 Å². The molecule has 1 aromatic carbocycles. The lowest BCUT2D eigenvalue weighted by molar-refractivity contribution is -0.173. The first-order valence-corrected chi connectivity index (χ1v) is 7.95. The summed E-state index contributed by atoms with van der Waals surface area (Å²) in [7, 11) is 0. The van der Waals surface area contributed by atoms with Gasteiger partial charge in [-0.1, -0.05) is 6.92 Å². The molecule has 0 saturated heterocycles. The van der Waals surface area contributed by atoms with Crippen molar-refractivity contribution in [2.75, 3.05) is 5.32 Å². The number of aromatic nitrogens is 2. The van der Waals surface area contributed by atoms with Crippen LogP contribution in [0.4, 0.5) is 27.8 Å². The van der Waals surface area contributed by atoms with Gasteiger partial charge in [-0.2, -0.15) is 13.2 Å². The maximum Gasteiger partial charge on any atom is 0.392 e. The second-order valence-electron chi connectivity index (χ2n) is 6.09. The van der Waals surface area contributed by atoms with Crippen molar-refractivity contribution in [2.24, 2.45) is 5.92 Å². The number of fused-ring (bicyclic) bond motifs is 1. The summed E-state index contributed by atoms with van der Waals surface area (Å²) in [4.78, 5) is 16.2. The number of amides is 1. The third-order valence-electron chi connectivity index (χ3n) is 4.01. The van der Waals surface area contributed by atoms with Crippen molar-refractivity contribution in [1.29, 1.82) is 0 Å². The molecule has 1 N–H and O–H groups in total. The van der Waals surface area contributed by atoms with Gasteiger partial charge in [-0.05, 0) is 36.4 Å². The van der Waals surface area contributed by atoms with Crippen LogP contribution in [0.1, 0.15) is 13.3 Å². The summed E-state index contributed by atoms with van der Waals surface area (Å²) in [6, 6.07) is 7.66. The summed E-state index contributed by atoms with van der Waals surface area (Å²) >= 11 is 0. The summed E-state index contributed by atoms with van der Waals surface area (Å²) in [5, 5.41) is 2.35. The minimum absolute atomic E-state index is 0.0356. The second kappa shape index (κ2) is 6.98. The van der Waals surface area contributed by atoms with Crippen LogP contribution in [0.5, 0.6) is 0 Å². The normalized spacial score (nSPS) is 13.0. The average Bonchev–Trinajstić information content (AvgIpc) is 2.91. The Morgan fingerprint density at radius 1 is 1.11 bits per heavy atom. The molecule has 0 saturated carbocycles. The number of imidazole rings is 1. The fourth-order valence-corrected chi connectivity index (χ4v) is 2.57. The molecule has 27 heavy (non-hydrogen) atoms. The Morgan fingerprint density at radius 3 is 2.37 bits per heavy atom. The van der Waals surface area contributed by atoms with Gasteiger partial charge in [-0.3, -0.25) is 9.20 Å².